The summed E-state index contributed by atoms with van der Waals surface area (Å²) in [6.45, 7) is 5.41. The van der Waals surface area contributed by atoms with E-state index >= 15 is 0 Å². The Kier molecular flexibility index (Phi) is 6.96. The second kappa shape index (κ2) is 9.43. The molecule has 0 radical (unpaired) electrons. The van der Waals surface area contributed by atoms with Gasteiger partial charge in [0.1, 0.15) is 5.82 Å². The zero-order chi connectivity index (χ0) is 20.1. The molecule has 0 unspecified atom stereocenters. The second-order valence-corrected chi connectivity index (χ2v) is 7.30. The second-order valence-electron chi connectivity index (χ2n) is 7.30. The molecular formula is C20H29F2N5O. The minimum Gasteiger partial charge on any atom is -0.355 e. The number of piperazine rings is 1. The van der Waals surface area contributed by atoms with Crippen molar-refractivity contribution in [3.8, 4) is 0 Å². The summed E-state index contributed by atoms with van der Waals surface area (Å²) in [6, 6.07) is 6.78. The summed E-state index contributed by atoms with van der Waals surface area (Å²) < 4.78 is 28.4. The summed E-state index contributed by atoms with van der Waals surface area (Å²) in [5, 5.41) is 2.93. The Labute approximate surface area is 164 Å². The third-order valence-corrected chi connectivity index (χ3v) is 5.37. The van der Waals surface area contributed by atoms with Crippen LogP contribution in [0, 0.1) is 0 Å². The van der Waals surface area contributed by atoms with E-state index in [1.165, 1.54) is 0 Å². The van der Waals surface area contributed by atoms with Crippen LogP contribution >= 0.6 is 0 Å². The topological polar surface area (TPSA) is 53.4 Å². The minimum atomic E-state index is -2.63. The van der Waals surface area contributed by atoms with Crippen LogP contribution in [-0.4, -0.2) is 64.5 Å². The first-order chi connectivity index (χ1) is 13.5. The number of unbranched alkanes of at least 4 members (excludes halogenated alkanes) is 1. The maximum absolute atomic E-state index is 13.7. The van der Waals surface area contributed by atoms with Crippen molar-refractivity contribution >= 4 is 16.9 Å². The summed E-state index contributed by atoms with van der Waals surface area (Å²) in [5.41, 5.74) is 1.05. The van der Waals surface area contributed by atoms with Crippen molar-refractivity contribution in [1.29, 1.82) is 0 Å². The largest absolute Gasteiger partial charge is 0.355 e. The van der Waals surface area contributed by atoms with Crippen molar-refractivity contribution in [3.63, 3.8) is 0 Å². The number of imidazole rings is 1. The van der Waals surface area contributed by atoms with Crippen LogP contribution in [0.2, 0.25) is 0 Å². The van der Waals surface area contributed by atoms with E-state index < -0.39 is 6.55 Å². The Hall–Kier alpha value is -2.06. The minimum absolute atomic E-state index is 0.0504. The third kappa shape index (κ3) is 4.67. The van der Waals surface area contributed by atoms with Crippen LogP contribution in [0.1, 0.15) is 45.1 Å². The van der Waals surface area contributed by atoms with Gasteiger partial charge in [0.05, 0.1) is 23.6 Å². The van der Waals surface area contributed by atoms with Crippen molar-refractivity contribution in [3.05, 3.63) is 30.1 Å². The number of alkyl halides is 2. The van der Waals surface area contributed by atoms with E-state index in [4.69, 9.17) is 0 Å². The van der Waals surface area contributed by atoms with Crippen LogP contribution in [0.25, 0.3) is 11.0 Å². The molecule has 0 aliphatic carbocycles. The first kappa shape index (κ1) is 20.7. The lowest BCUT2D eigenvalue weighted by molar-refractivity contribution is -0.122. The summed E-state index contributed by atoms with van der Waals surface area (Å²) in [4.78, 5) is 20.7. The zero-order valence-electron chi connectivity index (χ0n) is 16.6. The molecule has 1 aliphatic rings. The molecule has 1 aliphatic heterocycles. The molecule has 2 aromatic rings. The Balaban J connectivity index is 1.61. The number of hydrogen-bond acceptors (Lipinski definition) is 4. The van der Waals surface area contributed by atoms with Gasteiger partial charge < -0.3 is 5.32 Å². The van der Waals surface area contributed by atoms with Crippen LogP contribution in [0.5, 0.6) is 0 Å². The lowest BCUT2D eigenvalue weighted by Crippen LogP contribution is -2.50. The SMILES string of the molecule is CCCCNC(=O)CN1CCN([C@H](C)c2nc3ccccc3n2C(F)F)CC1. The Morgan fingerprint density at radius 1 is 1.21 bits per heavy atom. The maximum Gasteiger partial charge on any atom is 0.320 e. The Bertz CT molecular complexity index is 786. The molecule has 154 valence electrons. The van der Waals surface area contributed by atoms with E-state index in [0.29, 0.717) is 23.4 Å². The van der Waals surface area contributed by atoms with E-state index in [1.807, 2.05) is 13.0 Å². The van der Waals surface area contributed by atoms with Gasteiger partial charge in [-0.05, 0) is 25.5 Å². The average Bonchev–Trinajstić information content (AvgIpc) is 3.08. The van der Waals surface area contributed by atoms with Gasteiger partial charge in [0, 0.05) is 32.7 Å². The van der Waals surface area contributed by atoms with E-state index in [9.17, 15) is 13.6 Å². The van der Waals surface area contributed by atoms with Gasteiger partial charge in [0.2, 0.25) is 5.91 Å². The van der Waals surface area contributed by atoms with E-state index in [1.54, 1.807) is 18.2 Å². The summed E-state index contributed by atoms with van der Waals surface area (Å²) >= 11 is 0. The molecule has 8 heteroatoms. The molecule has 1 aromatic heterocycles. The number of carbonyl (C=O) groups is 1. The molecule has 28 heavy (non-hydrogen) atoms. The van der Waals surface area contributed by atoms with E-state index in [2.05, 4.69) is 27.0 Å². The van der Waals surface area contributed by atoms with Crippen molar-refractivity contribution < 1.29 is 13.6 Å². The third-order valence-electron chi connectivity index (χ3n) is 5.37. The zero-order valence-corrected chi connectivity index (χ0v) is 16.6. The number of aromatic nitrogens is 2. The predicted molar refractivity (Wildman–Crippen MR) is 105 cm³/mol. The molecule has 6 nitrogen and oxygen atoms in total. The number of amides is 1. The highest BCUT2D eigenvalue weighted by Crippen LogP contribution is 2.29. The number of hydrogen-bond donors (Lipinski definition) is 1. The molecular weight excluding hydrogens is 364 g/mol. The predicted octanol–water partition coefficient (Wildman–Crippen LogP) is 3.03. The summed E-state index contributed by atoms with van der Waals surface area (Å²) in [7, 11) is 0. The quantitative estimate of drug-likeness (QED) is 0.701. The van der Waals surface area contributed by atoms with Gasteiger partial charge >= 0.3 is 6.55 Å². The van der Waals surface area contributed by atoms with E-state index in [0.717, 1.165) is 50.1 Å². The highest BCUT2D eigenvalue weighted by Gasteiger charge is 2.28. The summed E-state index contributed by atoms with van der Waals surface area (Å²) in [6.07, 6.45) is 2.04. The number of nitrogens with one attached hydrogen (secondary N) is 1. The van der Waals surface area contributed by atoms with Crippen molar-refractivity contribution in [2.24, 2.45) is 0 Å². The Morgan fingerprint density at radius 2 is 1.93 bits per heavy atom. The van der Waals surface area contributed by atoms with Crippen LogP contribution < -0.4 is 5.32 Å². The molecule has 0 bridgehead atoms. The standard InChI is InChI=1S/C20H29F2N5O/c1-3-4-9-23-18(28)14-25-10-12-26(13-11-25)15(2)19-24-16-7-5-6-8-17(16)27(19)20(21)22/h5-8,15,20H,3-4,9-14H2,1-2H3,(H,23,28)/t15-/m1/s1. The van der Waals surface area contributed by atoms with Crippen LogP contribution in [0.3, 0.4) is 0 Å². The monoisotopic (exact) mass is 393 g/mol. The van der Waals surface area contributed by atoms with Crippen LogP contribution in [-0.2, 0) is 4.79 Å². The van der Waals surface area contributed by atoms with Crippen LogP contribution in [0.4, 0.5) is 8.78 Å². The molecule has 1 N–H and O–H groups in total. The normalized spacial score (nSPS) is 17.3. The number of nitrogens with zero attached hydrogens (tertiary/aromatic N) is 4. The lowest BCUT2D eigenvalue weighted by atomic mass is 10.2. The highest BCUT2D eigenvalue weighted by atomic mass is 19.3. The number of carbonyl (C=O) groups excluding carboxylic acids is 1. The number of benzene rings is 1. The average molecular weight is 393 g/mol. The first-order valence-corrected chi connectivity index (χ1v) is 9.99. The van der Waals surface area contributed by atoms with Gasteiger partial charge in [0.25, 0.3) is 0 Å². The van der Waals surface area contributed by atoms with Crippen molar-refractivity contribution in [2.45, 2.75) is 39.3 Å². The van der Waals surface area contributed by atoms with Gasteiger partial charge in [-0.15, -0.1) is 0 Å². The van der Waals surface area contributed by atoms with Crippen molar-refractivity contribution in [1.82, 2.24) is 24.7 Å². The highest BCUT2D eigenvalue weighted by molar-refractivity contribution is 5.78. The number of para-hydroxylation sites is 2. The molecule has 3 rings (SSSR count). The number of fused-ring (bicyclic) bond motifs is 1. The smallest absolute Gasteiger partial charge is 0.320 e. The van der Waals surface area contributed by atoms with Gasteiger partial charge in [-0.25, -0.2) is 4.98 Å². The molecule has 1 fully saturated rings. The molecule has 1 amide bonds. The molecule has 1 saturated heterocycles. The molecule has 2 heterocycles. The molecule has 0 saturated carbocycles. The van der Waals surface area contributed by atoms with Crippen LogP contribution in [0.15, 0.2) is 24.3 Å². The van der Waals surface area contributed by atoms with Gasteiger partial charge in [-0.3, -0.25) is 19.2 Å². The fourth-order valence-electron chi connectivity index (χ4n) is 3.70. The maximum atomic E-state index is 13.7. The molecule has 1 aromatic carbocycles. The fraction of sp³-hybridized carbons (Fsp3) is 0.600. The first-order valence-electron chi connectivity index (χ1n) is 9.99. The van der Waals surface area contributed by atoms with Gasteiger partial charge in [-0.1, -0.05) is 25.5 Å². The van der Waals surface area contributed by atoms with Gasteiger partial charge in [-0.2, -0.15) is 8.78 Å². The fourth-order valence-corrected chi connectivity index (χ4v) is 3.70. The lowest BCUT2D eigenvalue weighted by Gasteiger charge is -2.37. The number of halogens is 2. The van der Waals surface area contributed by atoms with Gasteiger partial charge in [0.15, 0.2) is 0 Å². The van der Waals surface area contributed by atoms with E-state index in [-0.39, 0.29) is 11.9 Å². The van der Waals surface area contributed by atoms with Crippen molar-refractivity contribution in [2.75, 3.05) is 39.3 Å². The Morgan fingerprint density at radius 3 is 2.61 bits per heavy atom. The molecule has 0 spiro atoms. The number of rotatable bonds is 8. The summed E-state index contributed by atoms with van der Waals surface area (Å²) in [5.74, 6) is 0.441. The molecule has 1 atom stereocenters.